The zero-order chi connectivity index (χ0) is 23.8. The van der Waals surface area contributed by atoms with Crippen LogP contribution in [-0.4, -0.2) is 78.3 Å². The van der Waals surface area contributed by atoms with Crippen molar-refractivity contribution in [1.82, 2.24) is 24.8 Å². The fourth-order valence-corrected chi connectivity index (χ4v) is 6.08. The van der Waals surface area contributed by atoms with E-state index < -0.39 is 0 Å². The van der Waals surface area contributed by atoms with Crippen molar-refractivity contribution >= 4 is 22.8 Å². The van der Waals surface area contributed by atoms with Gasteiger partial charge < -0.3 is 19.7 Å². The van der Waals surface area contributed by atoms with Crippen LogP contribution < -0.4 is 15.1 Å². The number of anilines is 2. The topological polar surface area (TPSA) is 52.5 Å². The van der Waals surface area contributed by atoms with Crippen LogP contribution in [0.25, 0.3) is 22.3 Å². The average molecular weight is 474 g/mol. The second kappa shape index (κ2) is 9.78. The van der Waals surface area contributed by atoms with Gasteiger partial charge in [-0.05, 0) is 50.7 Å². The number of hydrogen-bond acceptors (Lipinski definition) is 6. The molecule has 1 aromatic carbocycles. The summed E-state index contributed by atoms with van der Waals surface area (Å²) in [6.07, 6.45) is 4.96. The summed E-state index contributed by atoms with van der Waals surface area (Å²) < 4.78 is 2.51. The van der Waals surface area contributed by atoms with E-state index in [1.54, 1.807) is 0 Å². The summed E-state index contributed by atoms with van der Waals surface area (Å²) in [4.78, 5) is 18.0. The molecule has 7 nitrogen and oxygen atoms in total. The van der Waals surface area contributed by atoms with E-state index >= 15 is 0 Å². The normalized spacial score (nSPS) is 19.4. The van der Waals surface area contributed by atoms with E-state index in [-0.39, 0.29) is 0 Å². The first-order valence-corrected chi connectivity index (χ1v) is 13.6. The molecule has 3 saturated heterocycles. The SMILES string of the molecule is Cc1ccc(-c2c(C)c3c(N4CCCC4)nc(N4CCCC4)nc3n2CCN2CCNCC2)cc1. The number of aryl methyl sites for hydroxylation is 2. The van der Waals surface area contributed by atoms with E-state index in [0.29, 0.717) is 0 Å². The number of aromatic nitrogens is 3. The molecule has 0 unspecified atom stereocenters. The molecule has 0 saturated carbocycles. The maximum absolute atomic E-state index is 5.30. The third-order valence-corrected chi connectivity index (χ3v) is 8.08. The van der Waals surface area contributed by atoms with Crippen LogP contribution in [-0.2, 0) is 6.54 Å². The van der Waals surface area contributed by atoms with Gasteiger partial charge in [0.25, 0.3) is 0 Å². The molecule has 0 spiro atoms. The molecule has 3 fully saturated rings. The molecule has 186 valence electrons. The van der Waals surface area contributed by atoms with Crippen LogP contribution in [0.4, 0.5) is 11.8 Å². The highest BCUT2D eigenvalue weighted by molar-refractivity contribution is 5.98. The Morgan fingerprint density at radius 1 is 0.771 bits per heavy atom. The van der Waals surface area contributed by atoms with Gasteiger partial charge in [0.15, 0.2) is 0 Å². The third-order valence-electron chi connectivity index (χ3n) is 8.08. The Kier molecular flexibility index (Phi) is 6.37. The van der Waals surface area contributed by atoms with E-state index in [4.69, 9.17) is 9.97 Å². The predicted molar refractivity (Wildman–Crippen MR) is 145 cm³/mol. The Balaban J connectivity index is 1.52. The van der Waals surface area contributed by atoms with Gasteiger partial charge in [0.1, 0.15) is 11.5 Å². The van der Waals surface area contributed by atoms with E-state index in [2.05, 4.69) is 62.7 Å². The minimum atomic E-state index is 0.924. The molecular formula is C28H39N7. The minimum absolute atomic E-state index is 0.924. The molecule has 3 aliphatic rings. The molecule has 6 rings (SSSR count). The van der Waals surface area contributed by atoms with Crippen molar-refractivity contribution in [2.45, 2.75) is 46.1 Å². The quantitative estimate of drug-likeness (QED) is 0.587. The number of benzene rings is 1. The van der Waals surface area contributed by atoms with Gasteiger partial charge in [-0.2, -0.15) is 9.97 Å². The summed E-state index contributed by atoms with van der Waals surface area (Å²) in [7, 11) is 0. The smallest absolute Gasteiger partial charge is 0.229 e. The summed E-state index contributed by atoms with van der Waals surface area (Å²) in [6, 6.07) is 9.02. The van der Waals surface area contributed by atoms with Gasteiger partial charge in [-0.1, -0.05) is 29.8 Å². The average Bonchev–Trinajstić information content (AvgIpc) is 3.65. The van der Waals surface area contributed by atoms with Crippen LogP contribution in [0.15, 0.2) is 24.3 Å². The molecule has 2 aromatic heterocycles. The minimum Gasteiger partial charge on any atom is -0.356 e. The van der Waals surface area contributed by atoms with Gasteiger partial charge in [0, 0.05) is 65.4 Å². The van der Waals surface area contributed by atoms with Gasteiger partial charge in [-0.3, -0.25) is 4.90 Å². The lowest BCUT2D eigenvalue weighted by Crippen LogP contribution is -2.44. The molecule has 0 bridgehead atoms. The lowest BCUT2D eigenvalue weighted by Gasteiger charge is -2.27. The van der Waals surface area contributed by atoms with E-state index in [1.165, 1.54) is 53.5 Å². The Hall–Kier alpha value is -2.64. The number of hydrogen-bond donors (Lipinski definition) is 1. The molecule has 0 aliphatic carbocycles. The predicted octanol–water partition coefficient (Wildman–Crippen LogP) is 3.82. The van der Waals surface area contributed by atoms with Crippen LogP contribution in [0.5, 0.6) is 0 Å². The fourth-order valence-electron chi connectivity index (χ4n) is 6.08. The van der Waals surface area contributed by atoms with Gasteiger partial charge in [0.05, 0.1) is 11.1 Å². The second-order valence-corrected chi connectivity index (χ2v) is 10.5. The Labute approximate surface area is 209 Å². The maximum Gasteiger partial charge on any atom is 0.229 e. The van der Waals surface area contributed by atoms with Crippen LogP contribution in [0.3, 0.4) is 0 Å². The first kappa shape index (κ1) is 22.8. The maximum atomic E-state index is 5.30. The van der Waals surface area contributed by atoms with Gasteiger partial charge in [-0.15, -0.1) is 0 Å². The first-order chi connectivity index (χ1) is 17.2. The van der Waals surface area contributed by atoms with Crippen molar-refractivity contribution in [3.8, 4) is 11.3 Å². The summed E-state index contributed by atoms with van der Waals surface area (Å²) >= 11 is 0. The van der Waals surface area contributed by atoms with Crippen LogP contribution in [0.2, 0.25) is 0 Å². The molecule has 7 heteroatoms. The largest absolute Gasteiger partial charge is 0.356 e. The number of nitrogens with one attached hydrogen (secondary N) is 1. The van der Waals surface area contributed by atoms with Crippen molar-refractivity contribution in [3.63, 3.8) is 0 Å². The van der Waals surface area contributed by atoms with Crippen molar-refractivity contribution in [2.75, 3.05) is 68.7 Å². The summed E-state index contributed by atoms with van der Waals surface area (Å²) in [5.41, 5.74) is 6.32. The highest BCUT2D eigenvalue weighted by Gasteiger charge is 2.28. The Morgan fingerprint density at radius 3 is 2.11 bits per heavy atom. The van der Waals surface area contributed by atoms with Crippen molar-refractivity contribution in [3.05, 3.63) is 35.4 Å². The van der Waals surface area contributed by atoms with Crippen molar-refractivity contribution in [2.24, 2.45) is 0 Å². The highest BCUT2D eigenvalue weighted by Crippen LogP contribution is 2.39. The number of rotatable bonds is 6. The van der Waals surface area contributed by atoms with Crippen molar-refractivity contribution in [1.29, 1.82) is 0 Å². The lowest BCUT2D eigenvalue weighted by atomic mass is 10.1. The molecule has 0 radical (unpaired) electrons. The number of fused-ring (bicyclic) bond motifs is 1. The third kappa shape index (κ3) is 4.40. The van der Waals surface area contributed by atoms with Gasteiger partial charge in [0.2, 0.25) is 5.95 Å². The van der Waals surface area contributed by atoms with Crippen LogP contribution in [0.1, 0.15) is 36.8 Å². The van der Waals surface area contributed by atoms with E-state index in [0.717, 1.165) is 82.9 Å². The van der Waals surface area contributed by atoms with Crippen LogP contribution >= 0.6 is 0 Å². The molecule has 35 heavy (non-hydrogen) atoms. The Bertz CT molecular complexity index is 1160. The lowest BCUT2D eigenvalue weighted by molar-refractivity contribution is 0.233. The molecule has 0 amide bonds. The summed E-state index contributed by atoms with van der Waals surface area (Å²) in [6.45, 7) is 15.2. The highest BCUT2D eigenvalue weighted by atomic mass is 15.3. The molecule has 3 aliphatic heterocycles. The molecule has 3 aromatic rings. The number of nitrogens with zero attached hydrogens (tertiary/aromatic N) is 6. The Morgan fingerprint density at radius 2 is 1.43 bits per heavy atom. The molecule has 1 N–H and O–H groups in total. The molecule has 5 heterocycles. The second-order valence-electron chi connectivity index (χ2n) is 10.5. The zero-order valence-corrected chi connectivity index (χ0v) is 21.4. The van der Waals surface area contributed by atoms with E-state index in [9.17, 15) is 0 Å². The van der Waals surface area contributed by atoms with Gasteiger partial charge in [-0.25, -0.2) is 0 Å². The van der Waals surface area contributed by atoms with Crippen LogP contribution in [0, 0.1) is 13.8 Å². The molecule has 0 atom stereocenters. The monoisotopic (exact) mass is 473 g/mol. The summed E-state index contributed by atoms with van der Waals surface area (Å²) in [5, 5.41) is 4.74. The fraction of sp³-hybridized carbons (Fsp3) is 0.571. The zero-order valence-electron chi connectivity index (χ0n) is 21.4. The summed E-state index contributed by atoms with van der Waals surface area (Å²) in [5.74, 6) is 2.08. The standard InChI is InChI=1S/C28H39N7/c1-21-7-9-23(10-8-21)25-22(2)24-26(33-13-3-4-14-33)30-28(34-15-5-6-16-34)31-27(24)35(25)20-19-32-17-11-29-12-18-32/h7-10,29H,3-6,11-20H2,1-2H3. The van der Waals surface area contributed by atoms with Gasteiger partial charge >= 0.3 is 0 Å². The number of piperazine rings is 1. The van der Waals surface area contributed by atoms with Crippen molar-refractivity contribution < 1.29 is 0 Å². The first-order valence-electron chi connectivity index (χ1n) is 13.6. The molecular weight excluding hydrogens is 434 g/mol. The van der Waals surface area contributed by atoms with E-state index in [1.807, 2.05) is 0 Å².